The molecule has 0 aliphatic carbocycles. The maximum absolute atomic E-state index is 12.7. The van der Waals surface area contributed by atoms with Crippen molar-refractivity contribution >= 4 is 40.4 Å². The molecule has 0 saturated carbocycles. The highest BCUT2D eigenvalue weighted by atomic mass is 35.5. The third-order valence-corrected chi connectivity index (χ3v) is 5.20. The monoisotopic (exact) mass is 364 g/mol. The number of halogens is 1. The van der Waals surface area contributed by atoms with Gasteiger partial charge in [0.05, 0.1) is 13.2 Å². The van der Waals surface area contributed by atoms with Crippen LogP contribution in [0.4, 0.5) is 5.69 Å². The summed E-state index contributed by atoms with van der Waals surface area (Å²) in [7, 11) is 0. The number of nitrogens with zero attached hydrogens (tertiary/aromatic N) is 1. The Kier molecular flexibility index (Phi) is 5.18. The number of rotatable bonds is 4. The lowest BCUT2D eigenvalue weighted by Gasteiger charge is -2.34. The summed E-state index contributed by atoms with van der Waals surface area (Å²) in [6.07, 6.45) is 0. The number of hydrogen-bond acceptors (Lipinski definition) is 4. The molecule has 1 aromatic heterocycles. The van der Waals surface area contributed by atoms with Crippen LogP contribution in [0.1, 0.15) is 10.4 Å². The molecule has 3 rings (SSSR count). The van der Waals surface area contributed by atoms with Gasteiger partial charge in [-0.25, -0.2) is 0 Å². The minimum absolute atomic E-state index is 0.00531. The molecule has 1 atom stereocenters. The molecule has 24 heavy (non-hydrogen) atoms. The van der Waals surface area contributed by atoms with E-state index in [4.69, 9.17) is 16.3 Å². The Balaban J connectivity index is 1.78. The van der Waals surface area contributed by atoms with Crippen molar-refractivity contribution in [1.29, 1.82) is 0 Å². The molecule has 2 amide bonds. The van der Waals surface area contributed by atoms with E-state index in [2.05, 4.69) is 5.32 Å². The third kappa shape index (κ3) is 3.61. The third-order valence-electron chi connectivity index (χ3n) is 3.93. The molecule has 1 saturated heterocycles. The van der Waals surface area contributed by atoms with Crippen LogP contribution >= 0.6 is 22.9 Å². The molecule has 1 aliphatic rings. The maximum atomic E-state index is 12.7. The second kappa shape index (κ2) is 7.34. The van der Waals surface area contributed by atoms with E-state index < -0.39 is 6.04 Å². The highest BCUT2D eigenvalue weighted by molar-refractivity contribution is 7.09. The van der Waals surface area contributed by atoms with Crippen molar-refractivity contribution < 1.29 is 14.3 Å². The van der Waals surface area contributed by atoms with E-state index in [1.54, 1.807) is 34.4 Å². The molecular weight excluding hydrogens is 348 g/mol. The zero-order chi connectivity index (χ0) is 17.1. The number of amides is 2. The van der Waals surface area contributed by atoms with Crippen molar-refractivity contribution in [3.8, 4) is 0 Å². The number of ether oxygens (including phenoxy) is 1. The Hall–Kier alpha value is -1.89. The fraction of sp³-hybridized carbons (Fsp3) is 0.294. The molecule has 0 bridgehead atoms. The van der Waals surface area contributed by atoms with Crippen molar-refractivity contribution in [2.75, 3.05) is 18.5 Å². The number of nitrogens with one attached hydrogen (secondary N) is 1. The van der Waals surface area contributed by atoms with Crippen LogP contribution in [-0.2, 0) is 20.9 Å². The van der Waals surface area contributed by atoms with Gasteiger partial charge in [0.25, 0.3) is 0 Å². The summed E-state index contributed by atoms with van der Waals surface area (Å²) < 4.78 is 5.28. The molecule has 0 radical (unpaired) electrons. The van der Waals surface area contributed by atoms with Crippen molar-refractivity contribution in [3.63, 3.8) is 0 Å². The Morgan fingerprint density at radius 2 is 2.25 bits per heavy atom. The van der Waals surface area contributed by atoms with Crippen molar-refractivity contribution in [2.45, 2.75) is 19.5 Å². The average Bonchev–Trinajstić information content (AvgIpc) is 3.07. The first-order chi connectivity index (χ1) is 11.6. The van der Waals surface area contributed by atoms with Gasteiger partial charge in [-0.1, -0.05) is 23.7 Å². The standard InChI is InChI=1S/C17H17ClN2O3S/c1-11-13(18)5-2-6-14(11)19-17(22)15-9-23-10-16(21)20(15)8-12-4-3-7-24-12/h2-7,15H,8-10H2,1H3,(H,19,22)/t15-/m1/s1. The summed E-state index contributed by atoms with van der Waals surface area (Å²) in [6.45, 7) is 2.43. The predicted molar refractivity (Wildman–Crippen MR) is 94.3 cm³/mol. The van der Waals surface area contributed by atoms with Gasteiger partial charge in [-0.15, -0.1) is 11.3 Å². The first kappa shape index (κ1) is 17.0. The quantitative estimate of drug-likeness (QED) is 0.907. The molecule has 1 aromatic carbocycles. The first-order valence-corrected chi connectivity index (χ1v) is 8.77. The lowest BCUT2D eigenvalue weighted by atomic mass is 10.1. The molecule has 126 valence electrons. The van der Waals surface area contributed by atoms with Gasteiger partial charge in [-0.2, -0.15) is 0 Å². The molecule has 1 N–H and O–H groups in total. The summed E-state index contributed by atoms with van der Waals surface area (Å²) in [5.74, 6) is -0.456. The second-order valence-corrected chi connectivity index (χ2v) is 6.97. The second-order valence-electron chi connectivity index (χ2n) is 5.53. The summed E-state index contributed by atoms with van der Waals surface area (Å²) in [6, 6.07) is 8.54. The number of morpholine rings is 1. The van der Waals surface area contributed by atoms with E-state index in [-0.39, 0.29) is 25.0 Å². The Labute approximate surface area is 149 Å². The molecule has 2 aromatic rings. The highest BCUT2D eigenvalue weighted by Crippen LogP contribution is 2.24. The zero-order valence-electron chi connectivity index (χ0n) is 13.1. The summed E-state index contributed by atoms with van der Waals surface area (Å²) in [5.41, 5.74) is 1.43. The molecule has 1 fully saturated rings. The molecule has 1 aliphatic heterocycles. The summed E-state index contributed by atoms with van der Waals surface area (Å²) in [4.78, 5) is 27.5. The molecule has 7 heteroatoms. The van der Waals surface area contributed by atoms with E-state index in [1.165, 1.54) is 0 Å². The number of hydrogen-bond donors (Lipinski definition) is 1. The van der Waals surface area contributed by atoms with Crippen LogP contribution in [0, 0.1) is 6.92 Å². The van der Waals surface area contributed by atoms with Crippen molar-refractivity contribution in [3.05, 3.63) is 51.2 Å². The minimum atomic E-state index is -0.660. The van der Waals surface area contributed by atoms with Gasteiger partial charge in [0.2, 0.25) is 11.8 Å². The van der Waals surface area contributed by atoms with Gasteiger partial charge in [0.1, 0.15) is 12.6 Å². The van der Waals surface area contributed by atoms with E-state index in [0.29, 0.717) is 17.3 Å². The number of carbonyl (C=O) groups is 2. The zero-order valence-corrected chi connectivity index (χ0v) is 14.7. The van der Waals surface area contributed by atoms with E-state index >= 15 is 0 Å². The van der Waals surface area contributed by atoms with Gasteiger partial charge in [-0.05, 0) is 36.1 Å². The maximum Gasteiger partial charge on any atom is 0.249 e. The van der Waals surface area contributed by atoms with Crippen molar-refractivity contribution in [1.82, 2.24) is 4.90 Å². The SMILES string of the molecule is Cc1c(Cl)cccc1NC(=O)[C@H]1COCC(=O)N1Cc1cccs1. The molecule has 2 heterocycles. The van der Waals surface area contributed by atoms with Crippen molar-refractivity contribution in [2.24, 2.45) is 0 Å². The van der Waals surface area contributed by atoms with Crippen LogP contribution < -0.4 is 5.32 Å². The van der Waals surface area contributed by atoms with E-state index in [9.17, 15) is 9.59 Å². The van der Waals surface area contributed by atoms with Gasteiger partial charge in [-0.3, -0.25) is 9.59 Å². The normalized spacial score (nSPS) is 17.8. The predicted octanol–water partition coefficient (Wildman–Crippen LogP) is 3.08. The topological polar surface area (TPSA) is 58.6 Å². The van der Waals surface area contributed by atoms with E-state index in [1.807, 2.05) is 24.4 Å². The number of benzene rings is 1. The minimum Gasteiger partial charge on any atom is -0.369 e. The lowest BCUT2D eigenvalue weighted by Crippen LogP contribution is -2.54. The number of thiophene rings is 1. The lowest BCUT2D eigenvalue weighted by molar-refractivity contribution is -0.153. The van der Waals surface area contributed by atoms with Crippen LogP contribution in [0.25, 0.3) is 0 Å². The smallest absolute Gasteiger partial charge is 0.249 e. The fourth-order valence-corrected chi connectivity index (χ4v) is 3.43. The van der Waals surface area contributed by atoms with Gasteiger partial charge in [0.15, 0.2) is 0 Å². The highest BCUT2D eigenvalue weighted by Gasteiger charge is 2.34. The van der Waals surface area contributed by atoms with Gasteiger partial charge >= 0.3 is 0 Å². The molecular formula is C17H17ClN2O3S. The van der Waals surface area contributed by atoms with Crippen LogP contribution in [-0.4, -0.2) is 36.0 Å². The average molecular weight is 365 g/mol. The summed E-state index contributed by atoms with van der Waals surface area (Å²) >= 11 is 7.65. The first-order valence-electron chi connectivity index (χ1n) is 7.52. The van der Waals surface area contributed by atoms with Gasteiger partial charge in [0, 0.05) is 15.6 Å². The van der Waals surface area contributed by atoms with Crippen LogP contribution in [0.3, 0.4) is 0 Å². The van der Waals surface area contributed by atoms with Crippen LogP contribution in [0.2, 0.25) is 5.02 Å². The Bertz CT molecular complexity index is 748. The Morgan fingerprint density at radius 3 is 3.00 bits per heavy atom. The van der Waals surface area contributed by atoms with Crippen LogP contribution in [0.5, 0.6) is 0 Å². The van der Waals surface area contributed by atoms with E-state index in [0.717, 1.165) is 10.4 Å². The largest absolute Gasteiger partial charge is 0.369 e. The molecule has 0 spiro atoms. The fourth-order valence-electron chi connectivity index (χ4n) is 2.55. The molecule has 0 unspecified atom stereocenters. The Morgan fingerprint density at radius 1 is 1.42 bits per heavy atom. The summed E-state index contributed by atoms with van der Waals surface area (Å²) in [5, 5.41) is 5.39. The number of carbonyl (C=O) groups excluding carboxylic acids is 2. The van der Waals surface area contributed by atoms with Crippen LogP contribution in [0.15, 0.2) is 35.7 Å². The molecule has 5 nitrogen and oxygen atoms in total. The number of anilines is 1. The van der Waals surface area contributed by atoms with Gasteiger partial charge < -0.3 is 15.0 Å².